The first-order chi connectivity index (χ1) is 8.90. The van der Waals surface area contributed by atoms with E-state index in [-0.39, 0.29) is 11.2 Å². The Morgan fingerprint density at radius 3 is 2.53 bits per heavy atom. The Labute approximate surface area is 104 Å². The van der Waals surface area contributed by atoms with Crippen LogP contribution in [-0.4, -0.2) is 23.6 Å². The number of fused-ring (bicyclic) bond motifs is 1. The van der Waals surface area contributed by atoms with Crippen molar-refractivity contribution >= 4 is 17.1 Å². The summed E-state index contributed by atoms with van der Waals surface area (Å²) in [5.74, 6) is -0.644. The lowest BCUT2D eigenvalue weighted by molar-refractivity contribution is -0.396. The summed E-state index contributed by atoms with van der Waals surface area (Å²) in [6, 6.07) is 1.72. The van der Waals surface area contributed by atoms with Gasteiger partial charge in [-0.2, -0.15) is 5.26 Å². The molecule has 19 heavy (non-hydrogen) atoms. The van der Waals surface area contributed by atoms with Gasteiger partial charge in [0.2, 0.25) is 5.52 Å². The molecule has 98 valence electrons. The van der Waals surface area contributed by atoms with Crippen LogP contribution in [0.5, 0.6) is 0 Å². The highest BCUT2D eigenvalue weighted by Gasteiger charge is 2.27. The highest BCUT2D eigenvalue weighted by molar-refractivity contribution is 5.72. The Bertz CT molecular complexity index is 849. The molecule has 10 nitrogen and oxygen atoms in total. The van der Waals surface area contributed by atoms with Crippen LogP contribution in [-0.2, 0) is 20.6 Å². The minimum atomic E-state index is -0.804. The van der Waals surface area contributed by atoms with Gasteiger partial charge in [-0.25, -0.2) is 9.36 Å². The number of nitriles is 1. The van der Waals surface area contributed by atoms with E-state index in [2.05, 4.69) is 4.98 Å². The molecule has 0 aromatic carbocycles. The van der Waals surface area contributed by atoms with Gasteiger partial charge < -0.3 is 10.1 Å². The van der Waals surface area contributed by atoms with Crippen molar-refractivity contribution < 1.29 is 4.92 Å². The van der Waals surface area contributed by atoms with Crippen LogP contribution in [0.4, 0.5) is 5.95 Å². The average molecular weight is 264 g/mol. The molecule has 0 unspecified atom stereocenters. The van der Waals surface area contributed by atoms with Crippen molar-refractivity contribution in [3.8, 4) is 6.07 Å². The topological polar surface area (TPSA) is 129 Å². The molecule has 0 fully saturated rings. The molecule has 0 N–H and O–H groups in total. The SMILES string of the molecule is Cn1c(=O)c2c(nc([N+](=O)[O-])n2CC#N)n(C)c1=O. The number of aromatic nitrogens is 4. The zero-order chi connectivity index (χ0) is 14.3. The second-order valence-corrected chi connectivity index (χ2v) is 3.79. The first kappa shape index (κ1) is 12.5. The molecule has 10 heteroatoms. The molecule has 0 saturated heterocycles. The summed E-state index contributed by atoms with van der Waals surface area (Å²) in [5.41, 5.74) is -1.63. The third-order valence-electron chi connectivity index (χ3n) is 2.72. The van der Waals surface area contributed by atoms with Crippen LogP contribution in [0.3, 0.4) is 0 Å². The fraction of sp³-hybridized carbons (Fsp3) is 0.333. The molecule has 2 aromatic rings. The maximum Gasteiger partial charge on any atom is 0.438 e. The molecule has 0 aliphatic heterocycles. The Kier molecular flexibility index (Phi) is 2.67. The zero-order valence-electron chi connectivity index (χ0n) is 10.0. The van der Waals surface area contributed by atoms with Crippen molar-refractivity contribution in [2.24, 2.45) is 14.1 Å². The van der Waals surface area contributed by atoms with Gasteiger partial charge in [-0.15, -0.1) is 0 Å². The molecule has 0 spiro atoms. The average Bonchev–Trinajstić information content (AvgIpc) is 2.74. The minimum absolute atomic E-state index is 0.116. The summed E-state index contributed by atoms with van der Waals surface area (Å²) < 4.78 is 2.72. The molecular weight excluding hydrogens is 256 g/mol. The number of hydrogen-bond acceptors (Lipinski definition) is 6. The molecule has 0 radical (unpaired) electrons. The van der Waals surface area contributed by atoms with Crippen LogP contribution in [0, 0.1) is 21.4 Å². The van der Waals surface area contributed by atoms with Gasteiger partial charge >= 0.3 is 11.6 Å². The van der Waals surface area contributed by atoms with Crippen molar-refractivity contribution in [3.63, 3.8) is 0 Å². The summed E-state index contributed by atoms with van der Waals surface area (Å²) in [4.78, 5) is 37.4. The van der Waals surface area contributed by atoms with E-state index >= 15 is 0 Å². The lowest BCUT2D eigenvalue weighted by Gasteiger charge is -2.00. The van der Waals surface area contributed by atoms with E-state index in [1.807, 2.05) is 0 Å². The van der Waals surface area contributed by atoms with Crippen LogP contribution in [0.25, 0.3) is 11.2 Å². The Balaban J connectivity index is 3.11. The molecule has 2 aromatic heterocycles. The van der Waals surface area contributed by atoms with E-state index in [0.717, 1.165) is 13.7 Å². The summed E-state index contributed by atoms with van der Waals surface area (Å²) >= 11 is 0. The molecule has 0 aliphatic carbocycles. The van der Waals surface area contributed by atoms with Crippen molar-refractivity contribution in [1.82, 2.24) is 18.7 Å². The quantitative estimate of drug-likeness (QED) is 0.498. The predicted octanol–water partition coefficient (Wildman–Crippen LogP) is -1.13. The van der Waals surface area contributed by atoms with Crippen LogP contribution >= 0.6 is 0 Å². The zero-order valence-corrected chi connectivity index (χ0v) is 10.0. The lowest BCUT2D eigenvalue weighted by Crippen LogP contribution is -2.37. The molecule has 0 aliphatic rings. The molecule has 0 amide bonds. The maximum absolute atomic E-state index is 12.0. The standard InChI is InChI=1S/C9H8N6O4/c1-12-6-5(7(16)13(2)9(12)17)14(4-3-10)8(11-6)15(18)19/h4H2,1-2H3. The number of nitrogens with zero attached hydrogens (tertiary/aromatic N) is 6. The van der Waals surface area contributed by atoms with E-state index in [1.165, 1.54) is 14.1 Å². The second-order valence-electron chi connectivity index (χ2n) is 3.79. The Morgan fingerprint density at radius 2 is 2.00 bits per heavy atom. The molecule has 0 atom stereocenters. The van der Waals surface area contributed by atoms with E-state index in [9.17, 15) is 19.7 Å². The number of imidazole rings is 1. The van der Waals surface area contributed by atoms with Crippen molar-refractivity contribution in [2.75, 3.05) is 0 Å². The largest absolute Gasteiger partial charge is 0.438 e. The van der Waals surface area contributed by atoms with Gasteiger partial charge in [-0.05, 0) is 9.91 Å². The number of rotatable bonds is 2. The van der Waals surface area contributed by atoms with Crippen LogP contribution in [0.15, 0.2) is 9.59 Å². The first-order valence-electron chi connectivity index (χ1n) is 5.07. The summed E-state index contributed by atoms with van der Waals surface area (Å²) in [6.45, 7) is -0.403. The van der Waals surface area contributed by atoms with Crippen LogP contribution in [0.1, 0.15) is 0 Å². The molecule has 0 saturated carbocycles. The van der Waals surface area contributed by atoms with Gasteiger partial charge in [-0.1, -0.05) is 0 Å². The molecule has 0 bridgehead atoms. The molecule has 2 rings (SSSR count). The smallest absolute Gasteiger partial charge is 0.390 e. The van der Waals surface area contributed by atoms with E-state index in [1.54, 1.807) is 6.07 Å². The fourth-order valence-corrected chi connectivity index (χ4v) is 1.79. The third-order valence-corrected chi connectivity index (χ3v) is 2.72. The van der Waals surface area contributed by atoms with Gasteiger partial charge in [0.05, 0.1) is 0 Å². The number of hydrogen-bond donors (Lipinski definition) is 0. The fourth-order valence-electron chi connectivity index (χ4n) is 1.79. The summed E-state index contributed by atoms with van der Waals surface area (Å²) in [6.07, 6.45) is 0. The summed E-state index contributed by atoms with van der Waals surface area (Å²) in [7, 11) is 2.59. The summed E-state index contributed by atoms with van der Waals surface area (Å²) in [5, 5.41) is 19.6. The first-order valence-corrected chi connectivity index (χ1v) is 5.07. The normalized spacial score (nSPS) is 10.6. The monoisotopic (exact) mass is 264 g/mol. The van der Waals surface area contributed by atoms with Crippen LogP contribution in [0.2, 0.25) is 0 Å². The van der Waals surface area contributed by atoms with Gasteiger partial charge in [0.15, 0.2) is 6.54 Å². The minimum Gasteiger partial charge on any atom is -0.390 e. The van der Waals surface area contributed by atoms with Crippen molar-refractivity contribution in [1.29, 1.82) is 5.26 Å². The van der Waals surface area contributed by atoms with E-state index < -0.39 is 28.7 Å². The van der Waals surface area contributed by atoms with E-state index in [0.29, 0.717) is 0 Å². The number of aryl methyl sites for hydroxylation is 1. The van der Waals surface area contributed by atoms with Gasteiger partial charge in [0.1, 0.15) is 6.07 Å². The van der Waals surface area contributed by atoms with Gasteiger partial charge in [0.25, 0.3) is 11.2 Å². The number of nitro groups is 1. The van der Waals surface area contributed by atoms with Crippen molar-refractivity contribution in [3.05, 3.63) is 31.0 Å². The maximum atomic E-state index is 12.0. The molecule has 2 heterocycles. The Hall–Kier alpha value is -2.96. The van der Waals surface area contributed by atoms with Gasteiger partial charge in [-0.3, -0.25) is 13.9 Å². The Morgan fingerprint density at radius 1 is 1.37 bits per heavy atom. The molecular formula is C9H8N6O4. The lowest BCUT2D eigenvalue weighted by atomic mass is 10.5. The van der Waals surface area contributed by atoms with E-state index in [4.69, 9.17) is 5.26 Å². The second kappa shape index (κ2) is 4.05. The highest BCUT2D eigenvalue weighted by Crippen LogP contribution is 2.16. The highest BCUT2D eigenvalue weighted by atomic mass is 16.6. The van der Waals surface area contributed by atoms with Gasteiger partial charge in [0, 0.05) is 14.1 Å². The predicted molar refractivity (Wildman–Crippen MR) is 62.5 cm³/mol. The third kappa shape index (κ3) is 1.60. The van der Waals surface area contributed by atoms with Crippen molar-refractivity contribution in [2.45, 2.75) is 6.54 Å². The van der Waals surface area contributed by atoms with Crippen LogP contribution < -0.4 is 11.2 Å².